The molecule has 5 heteroatoms. The molecule has 1 aromatic rings. The number of benzene rings is 1. The molecule has 0 aromatic heterocycles. The quantitative estimate of drug-likeness (QED) is 0.874. The maximum absolute atomic E-state index is 12.2. The van der Waals surface area contributed by atoms with Crippen molar-refractivity contribution in [1.29, 1.82) is 0 Å². The lowest BCUT2D eigenvalue weighted by atomic mass is 9.89. The molecule has 1 aliphatic heterocycles. The number of amides is 1. The summed E-state index contributed by atoms with van der Waals surface area (Å²) in [6, 6.07) is 9.53. The fourth-order valence-corrected chi connectivity index (χ4v) is 2.72. The molecule has 5 nitrogen and oxygen atoms in total. The van der Waals surface area contributed by atoms with Crippen LogP contribution in [0.5, 0.6) is 0 Å². The lowest BCUT2D eigenvalue weighted by Gasteiger charge is -2.18. The van der Waals surface area contributed by atoms with Gasteiger partial charge in [0, 0.05) is 19.0 Å². The van der Waals surface area contributed by atoms with E-state index >= 15 is 0 Å². The molecule has 1 fully saturated rings. The number of aliphatic carboxylic acids is 1. The average Bonchev–Trinajstić information content (AvgIpc) is 2.98. The van der Waals surface area contributed by atoms with Crippen molar-refractivity contribution in [2.75, 3.05) is 19.7 Å². The van der Waals surface area contributed by atoms with Gasteiger partial charge < -0.3 is 14.7 Å². The van der Waals surface area contributed by atoms with Crippen molar-refractivity contribution in [3.8, 4) is 0 Å². The predicted molar refractivity (Wildman–Crippen MR) is 82.6 cm³/mol. The Kier molecular flexibility index (Phi) is 5.55. The predicted octanol–water partition coefficient (Wildman–Crippen LogP) is 2.13. The molecule has 2 rings (SSSR count). The Labute approximate surface area is 130 Å². The van der Waals surface area contributed by atoms with Crippen LogP contribution in [0, 0.1) is 5.92 Å². The highest BCUT2D eigenvalue weighted by Crippen LogP contribution is 2.32. The molecule has 0 aliphatic carbocycles. The minimum Gasteiger partial charge on any atom is -0.481 e. The maximum atomic E-state index is 12.2. The topological polar surface area (TPSA) is 66.8 Å². The first kappa shape index (κ1) is 16.5. The van der Waals surface area contributed by atoms with E-state index in [0.29, 0.717) is 6.54 Å². The summed E-state index contributed by atoms with van der Waals surface area (Å²) >= 11 is 0. The van der Waals surface area contributed by atoms with Crippen LogP contribution >= 0.6 is 0 Å². The minimum atomic E-state index is -0.855. The summed E-state index contributed by atoms with van der Waals surface area (Å²) in [5.41, 5.74) is 0.966. The third kappa shape index (κ3) is 3.85. The lowest BCUT2D eigenvalue weighted by Crippen LogP contribution is -2.33. The average molecular weight is 305 g/mol. The summed E-state index contributed by atoms with van der Waals surface area (Å²) in [6.45, 7) is 4.62. The van der Waals surface area contributed by atoms with Gasteiger partial charge in [0.2, 0.25) is 5.91 Å². The first-order valence-electron chi connectivity index (χ1n) is 7.70. The molecule has 1 N–H and O–H groups in total. The highest BCUT2D eigenvalue weighted by Gasteiger charge is 2.40. The second-order valence-electron chi connectivity index (χ2n) is 5.79. The molecule has 3 atom stereocenters. The second-order valence-corrected chi connectivity index (χ2v) is 5.79. The van der Waals surface area contributed by atoms with Crippen molar-refractivity contribution >= 4 is 11.9 Å². The van der Waals surface area contributed by atoms with E-state index in [1.54, 1.807) is 4.90 Å². The Hall–Kier alpha value is -1.88. The first-order valence-corrected chi connectivity index (χ1v) is 7.70. The number of carbonyl (C=O) groups excluding carboxylic acids is 1. The van der Waals surface area contributed by atoms with Gasteiger partial charge in [-0.3, -0.25) is 9.59 Å². The van der Waals surface area contributed by atoms with Crippen molar-refractivity contribution < 1.29 is 19.4 Å². The van der Waals surface area contributed by atoms with Crippen LogP contribution in [0.4, 0.5) is 0 Å². The van der Waals surface area contributed by atoms with E-state index in [-0.39, 0.29) is 31.1 Å². The van der Waals surface area contributed by atoms with Crippen molar-refractivity contribution in [3.05, 3.63) is 35.9 Å². The number of rotatable bonds is 6. The van der Waals surface area contributed by atoms with Crippen molar-refractivity contribution in [2.24, 2.45) is 5.92 Å². The maximum Gasteiger partial charge on any atom is 0.308 e. The van der Waals surface area contributed by atoms with E-state index in [1.807, 2.05) is 44.2 Å². The van der Waals surface area contributed by atoms with Gasteiger partial charge in [-0.1, -0.05) is 37.3 Å². The Balaban J connectivity index is 2.04. The molecular formula is C17H23NO4. The van der Waals surface area contributed by atoms with Gasteiger partial charge >= 0.3 is 5.97 Å². The molecular weight excluding hydrogens is 282 g/mol. The zero-order valence-electron chi connectivity index (χ0n) is 13.1. The summed E-state index contributed by atoms with van der Waals surface area (Å²) in [4.78, 5) is 25.3. The van der Waals surface area contributed by atoms with E-state index in [0.717, 1.165) is 12.0 Å². The van der Waals surface area contributed by atoms with Gasteiger partial charge in [0.1, 0.15) is 6.61 Å². The molecule has 1 aromatic carbocycles. The molecule has 22 heavy (non-hydrogen) atoms. The van der Waals surface area contributed by atoms with Gasteiger partial charge in [-0.15, -0.1) is 0 Å². The van der Waals surface area contributed by atoms with Crippen LogP contribution in [0.15, 0.2) is 30.3 Å². The van der Waals surface area contributed by atoms with Gasteiger partial charge in [0.25, 0.3) is 0 Å². The molecule has 1 amide bonds. The zero-order chi connectivity index (χ0) is 16.1. The van der Waals surface area contributed by atoms with E-state index in [1.165, 1.54) is 0 Å². The van der Waals surface area contributed by atoms with E-state index in [4.69, 9.17) is 4.74 Å². The number of carboxylic acid groups (broad SMARTS) is 1. The molecule has 120 valence electrons. The molecule has 0 spiro atoms. The highest BCUT2D eigenvalue weighted by atomic mass is 16.5. The molecule has 0 radical (unpaired) electrons. The van der Waals surface area contributed by atoms with Crippen molar-refractivity contribution in [1.82, 2.24) is 4.90 Å². The number of ether oxygens (including phenoxy) is 1. The van der Waals surface area contributed by atoms with E-state index in [9.17, 15) is 14.7 Å². The summed E-state index contributed by atoms with van der Waals surface area (Å²) in [6.07, 6.45) is 0.879. The van der Waals surface area contributed by atoms with Crippen LogP contribution < -0.4 is 0 Å². The number of nitrogens with zero attached hydrogens (tertiary/aromatic N) is 1. The third-order valence-electron chi connectivity index (χ3n) is 4.28. The number of likely N-dealkylation sites (tertiary alicyclic amines) is 1. The summed E-state index contributed by atoms with van der Waals surface area (Å²) in [5.74, 6) is -1.71. The van der Waals surface area contributed by atoms with Gasteiger partial charge in [-0.25, -0.2) is 0 Å². The lowest BCUT2D eigenvalue weighted by molar-refractivity contribution is -0.142. The largest absolute Gasteiger partial charge is 0.481 e. The Morgan fingerprint density at radius 3 is 2.59 bits per heavy atom. The molecule has 1 saturated heterocycles. The van der Waals surface area contributed by atoms with Crippen LogP contribution in [0.2, 0.25) is 0 Å². The number of hydrogen-bond donors (Lipinski definition) is 1. The van der Waals surface area contributed by atoms with Crippen molar-refractivity contribution in [3.63, 3.8) is 0 Å². The summed E-state index contributed by atoms with van der Waals surface area (Å²) < 4.78 is 5.46. The molecule has 1 heterocycles. The highest BCUT2D eigenvalue weighted by molar-refractivity contribution is 5.80. The molecule has 3 unspecified atom stereocenters. The van der Waals surface area contributed by atoms with Crippen LogP contribution in [0.1, 0.15) is 31.7 Å². The Morgan fingerprint density at radius 1 is 1.32 bits per heavy atom. The standard InChI is InChI=1S/C17H23NO4/c1-3-12(2)22-11-16(19)18-9-14(15(10-18)17(20)21)13-7-5-4-6-8-13/h4-8,12,14-15H,3,9-11H2,1-2H3,(H,20,21). The monoisotopic (exact) mass is 305 g/mol. The number of carboxylic acids is 1. The SMILES string of the molecule is CCC(C)OCC(=O)N1CC(C(=O)O)C(c2ccccc2)C1. The number of carbonyl (C=O) groups is 2. The molecule has 0 bridgehead atoms. The summed E-state index contributed by atoms with van der Waals surface area (Å²) in [7, 11) is 0. The second kappa shape index (κ2) is 7.40. The minimum absolute atomic E-state index is 0.0167. The van der Waals surface area contributed by atoms with Gasteiger partial charge in [-0.05, 0) is 18.9 Å². The fourth-order valence-electron chi connectivity index (χ4n) is 2.72. The Bertz CT molecular complexity index is 517. The van der Waals surface area contributed by atoms with E-state index < -0.39 is 11.9 Å². The van der Waals surface area contributed by atoms with Crippen LogP contribution in [-0.2, 0) is 14.3 Å². The van der Waals surface area contributed by atoms with Crippen molar-refractivity contribution in [2.45, 2.75) is 32.3 Å². The van der Waals surface area contributed by atoms with Crippen LogP contribution in [-0.4, -0.2) is 47.7 Å². The molecule has 0 saturated carbocycles. The number of hydrogen-bond acceptors (Lipinski definition) is 3. The zero-order valence-corrected chi connectivity index (χ0v) is 13.1. The van der Waals surface area contributed by atoms with Gasteiger partial charge in [-0.2, -0.15) is 0 Å². The fraction of sp³-hybridized carbons (Fsp3) is 0.529. The third-order valence-corrected chi connectivity index (χ3v) is 4.28. The summed E-state index contributed by atoms with van der Waals surface area (Å²) in [5, 5.41) is 9.43. The molecule has 1 aliphatic rings. The van der Waals surface area contributed by atoms with Crippen LogP contribution in [0.25, 0.3) is 0 Å². The Morgan fingerprint density at radius 2 is 2.00 bits per heavy atom. The van der Waals surface area contributed by atoms with Gasteiger partial charge in [0.15, 0.2) is 0 Å². The first-order chi connectivity index (χ1) is 10.5. The van der Waals surface area contributed by atoms with Gasteiger partial charge in [0.05, 0.1) is 12.0 Å². The van der Waals surface area contributed by atoms with Crippen LogP contribution in [0.3, 0.4) is 0 Å². The smallest absolute Gasteiger partial charge is 0.308 e. The van der Waals surface area contributed by atoms with E-state index in [2.05, 4.69) is 0 Å². The normalized spacial score (nSPS) is 22.5.